The number of carbonyl (C=O) groups is 4. The number of carbonyl (C=O) groups excluding carboxylic acids is 4. The molecule has 2 fully saturated rings. The number of alkyl halides is 2. The summed E-state index contributed by atoms with van der Waals surface area (Å²) in [6.45, 7) is 4.39. The van der Waals surface area contributed by atoms with Gasteiger partial charge in [-0.25, -0.2) is 13.6 Å². The molecule has 190 valence electrons. The molecule has 3 heterocycles. The Morgan fingerprint density at radius 2 is 1.86 bits per heavy atom. The van der Waals surface area contributed by atoms with Crippen molar-refractivity contribution in [1.29, 1.82) is 0 Å². The highest BCUT2D eigenvalue weighted by Gasteiger charge is 2.49. The van der Waals surface area contributed by atoms with Crippen LogP contribution in [0.2, 0.25) is 0 Å². The number of hydrogen-bond donors (Lipinski definition) is 1. The van der Waals surface area contributed by atoms with Crippen molar-refractivity contribution in [2.24, 2.45) is 0 Å². The Kier molecular flexibility index (Phi) is 5.53. The molecule has 0 radical (unpaired) electrons. The van der Waals surface area contributed by atoms with Crippen LogP contribution in [0.1, 0.15) is 61.9 Å². The first-order valence-electron chi connectivity index (χ1n) is 12.0. The van der Waals surface area contributed by atoms with Crippen molar-refractivity contribution in [3.63, 3.8) is 0 Å². The molecule has 3 aliphatic rings. The van der Waals surface area contributed by atoms with E-state index in [9.17, 15) is 19.2 Å². The number of benzene rings is 2. The van der Waals surface area contributed by atoms with E-state index in [1.807, 2.05) is 0 Å². The number of nitrogens with zero attached hydrogens (tertiary/aromatic N) is 2. The molecule has 5 rings (SSSR count). The van der Waals surface area contributed by atoms with Crippen LogP contribution >= 0.6 is 0 Å². The molecule has 36 heavy (non-hydrogen) atoms. The molecule has 8 nitrogen and oxygen atoms in total. The normalized spacial score (nSPS) is 23.8. The molecule has 2 atom stereocenters. The monoisotopic (exact) mass is 499 g/mol. The Morgan fingerprint density at radius 3 is 2.53 bits per heavy atom. The number of likely N-dealkylation sites (tertiary alicyclic amines) is 1. The highest BCUT2D eigenvalue weighted by Crippen LogP contribution is 2.47. The zero-order chi connectivity index (χ0) is 26.0. The lowest BCUT2D eigenvalue weighted by Gasteiger charge is -2.39. The van der Waals surface area contributed by atoms with Crippen LogP contribution in [0.3, 0.4) is 0 Å². The Balaban J connectivity index is 1.49. The summed E-state index contributed by atoms with van der Waals surface area (Å²) in [6, 6.07) is 7.30. The van der Waals surface area contributed by atoms with E-state index < -0.39 is 47.9 Å². The number of ether oxygens (including phenoxy) is 1. The van der Waals surface area contributed by atoms with Gasteiger partial charge in [-0.1, -0.05) is 18.2 Å². The van der Waals surface area contributed by atoms with Gasteiger partial charge in [0.05, 0.1) is 18.2 Å². The van der Waals surface area contributed by atoms with Crippen LogP contribution in [0.25, 0.3) is 10.8 Å². The van der Waals surface area contributed by atoms with Crippen molar-refractivity contribution >= 4 is 40.3 Å². The van der Waals surface area contributed by atoms with Crippen molar-refractivity contribution in [3.8, 4) is 0 Å². The minimum atomic E-state index is -3.22. The molecule has 2 aromatic rings. The lowest BCUT2D eigenvalue weighted by atomic mass is 9.83. The first kappa shape index (κ1) is 24.1. The van der Waals surface area contributed by atoms with E-state index in [1.54, 1.807) is 51.1 Å². The Morgan fingerprint density at radius 1 is 1.11 bits per heavy atom. The highest BCUT2D eigenvalue weighted by molar-refractivity contribution is 6.27. The van der Waals surface area contributed by atoms with Gasteiger partial charge >= 0.3 is 6.09 Å². The second kappa shape index (κ2) is 8.25. The van der Waals surface area contributed by atoms with Gasteiger partial charge in [0.15, 0.2) is 0 Å². The fourth-order valence-electron chi connectivity index (χ4n) is 5.38. The van der Waals surface area contributed by atoms with Crippen molar-refractivity contribution in [1.82, 2.24) is 10.2 Å². The van der Waals surface area contributed by atoms with Gasteiger partial charge in [0, 0.05) is 23.9 Å². The minimum Gasteiger partial charge on any atom is -0.444 e. The lowest BCUT2D eigenvalue weighted by Crippen LogP contribution is -2.53. The fourth-order valence-corrected chi connectivity index (χ4v) is 5.38. The number of halogens is 2. The molecule has 0 aromatic heterocycles. The van der Waals surface area contributed by atoms with Gasteiger partial charge in [-0.3, -0.25) is 24.6 Å². The SMILES string of the molecule is CC(C)(C)OC(=O)N1CCC(c2ccc3c4c(cccc24)C(=O)N3C2CCC(=O)NC2=O)C(F)(F)C1. The molecule has 0 aliphatic carbocycles. The largest absolute Gasteiger partial charge is 0.444 e. The summed E-state index contributed by atoms with van der Waals surface area (Å²) in [4.78, 5) is 52.2. The standard InChI is InChI=1S/C26H27F2N3O5/c1-25(2,3)36-24(35)30-12-11-17(26(27,28)13-30)14-7-8-18-21-15(14)5-4-6-16(21)23(34)31(18)19-9-10-20(32)29-22(19)33/h4-8,17,19H,9-13H2,1-3H3,(H,29,32,33). The molecule has 1 N–H and O–H groups in total. The number of imide groups is 1. The van der Waals surface area contributed by atoms with Gasteiger partial charge in [-0.15, -0.1) is 0 Å². The molecular formula is C26H27F2N3O5. The maximum absolute atomic E-state index is 15.5. The zero-order valence-electron chi connectivity index (χ0n) is 20.3. The summed E-state index contributed by atoms with van der Waals surface area (Å²) in [5.74, 6) is -5.72. The Hall–Kier alpha value is -3.56. The average molecular weight is 500 g/mol. The number of rotatable bonds is 2. The van der Waals surface area contributed by atoms with E-state index in [4.69, 9.17) is 4.74 Å². The van der Waals surface area contributed by atoms with E-state index in [0.29, 0.717) is 27.6 Å². The number of anilines is 1. The fraction of sp³-hybridized carbons (Fsp3) is 0.462. The summed E-state index contributed by atoms with van der Waals surface area (Å²) >= 11 is 0. The maximum Gasteiger partial charge on any atom is 0.410 e. The van der Waals surface area contributed by atoms with Gasteiger partial charge in [0.25, 0.3) is 11.8 Å². The molecular weight excluding hydrogens is 472 g/mol. The summed E-state index contributed by atoms with van der Waals surface area (Å²) in [5.41, 5.74) is 0.409. The van der Waals surface area contributed by atoms with Gasteiger partial charge in [-0.2, -0.15) is 0 Å². The van der Waals surface area contributed by atoms with Gasteiger partial charge < -0.3 is 9.64 Å². The number of nitrogens with one attached hydrogen (secondary N) is 1. The summed E-state index contributed by atoms with van der Waals surface area (Å²) in [6.07, 6.45) is -0.448. The van der Waals surface area contributed by atoms with E-state index in [0.717, 1.165) is 4.90 Å². The van der Waals surface area contributed by atoms with Crippen molar-refractivity contribution in [3.05, 3.63) is 41.5 Å². The topological polar surface area (TPSA) is 96.0 Å². The molecule has 0 saturated carbocycles. The first-order chi connectivity index (χ1) is 16.9. The van der Waals surface area contributed by atoms with E-state index >= 15 is 8.78 Å². The number of hydrogen-bond acceptors (Lipinski definition) is 5. The van der Waals surface area contributed by atoms with E-state index in [2.05, 4.69) is 5.32 Å². The quantitative estimate of drug-likeness (QED) is 0.631. The zero-order valence-corrected chi connectivity index (χ0v) is 20.3. The third-order valence-electron chi connectivity index (χ3n) is 6.91. The lowest BCUT2D eigenvalue weighted by molar-refractivity contribution is -0.134. The maximum atomic E-state index is 15.5. The predicted molar refractivity (Wildman–Crippen MR) is 127 cm³/mol. The van der Waals surface area contributed by atoms with Crippen LogP contribution < -0.4 is 10.2 Å². The third-order valence-corrected chi connectivity index (χ3v) is 6.91. The Bertz CT molecular complexity index is 1300. The summed E-state index contributed by atoms with van der Waals surface area (Å²) < 4.78 is 36.2. The second-order valence-electron chi connectivity index (χ2n) is 10.5. The van der Waals surface area contributed by atoms with Gasteiger partial charge in [0.2, 0.25) is 11.8 Å². The van der Waals surface area contributed by atoms with Gasteiger partial charge in [0.1, 0.15) is 11.6 Å². The van der Waals surface area contributed by atoms with Crippen LogP contribution in [-0.4, -0.2) is 59.4 Å². The molecule has 10 heteroatoms. The summed E-state index contributed by atoms with van der Waals surface area (Å²) in [5, 5.41) is 3.31. The van der Waals surface area contributed by atoms with Crippen LogP contribution in [0, 0.1) is 0 Å². The van der Waals surface area contributed by atoms with Crippen molar-refractivity contribution in [2.75, 3.05) is 18.0 Å². The number of amides is 4. The molecule has 2 unspecified atom stereocenters. The van der Waals surface area contributed by atoms with Crippen LogP contribution in [-0.2, 0) is 14.3 Å². The van der Waals surface area contributed by atoms with Crippen LogP contribution in [0.4, 0.5) is 19.3 Å². The van der Waals surface area contributed by atoms with Gasteiger partial charge in [-0.05, 0) is 56.7 Å². The van der Waals surface area contributed by atoms with Crippen LogP contribution in [0.5, 0.6) is 0 Å². The average Bonchev–Trinajstić information content (AvgIpc) is 3.06. The minimum absolute atomic E-state index is 0.0235. The molecule has 3 aliphatic heterocycles. The molecule has 4 amide bonds. The predicted octanol–water partition coefficient (Wildman–Crippen LogP) is 3.96. The molecule has 0 spiro atoms. The first-order valence-corrected chi connectivity index (χ1v) is 12.0. The summed E-state index contributed by atoms with van der Waals surface area (Å²) in [7, 11) is 0. The molecule has 2 saturated heterocycles. The second-order valence-corrected chi connectivity index (χ2v) is 10.5. The molecule has 2 aromatic carbocycles. The smallest absolute Gasteiger partial charge is 0.410 e. The van der Waals surface area contributed by atoms with Crippen molar-refractivity contribution < 1.29 is 32.7 Å². The third kappa shape index (κ3) is 3.98. The molecule has 0 bridgehead atoms. The van der Waals surface area contributed by atoms with Crippen molar-refractivity contribution in [2.45, 2.75) is 63.5 Å². The van der Waals surface area contributed by atoms with E-state index in [-0.39, 0.29) is 31.7 Å². The highest BCUT2D eigenvalue weighted by atomic mass is 19.3. The Labute approximate surface area is 206 Å². The van der Waals surface area contributed by atoms with Crippen LogP contribution in [0.15, 0.2) is 30.3 Å². The number of piperidine rings is 2. The van der Waals surface area contributed by atoms with E-state index in [1.165, 1.54) is 4.90 Å².